The van der Waals surface area contributed by atoms with Gasteiger partial charge in [0.05, 0.1) is 17.4 Å². The van der Waals surface area contributed by atoms with Gasteiger partial charge in [0.1, 0.15) is 0 Å². The minimum absolute atomic E-state index is 0.268. The van der Waals surface area contributed by atoms with Crippen molar-refractivity contribution in [3.63, 3.8) is 0 Å². The molecule has 1 N–H and O–H groups in total. The first-order valence-electron chi connectivity index (χ1n) is 6.43. The lowest BCUT2D eigenvalue weighted by Gasteiger charge is -2.29. The van der Waals surface area contributed by atoms with E-state index in [-0.39, 0.29) is 11.7 Å². The molecule has 1 aliphatic heterocycles. The lowest BCUT2D eigenvalue weighted by molar-refractivity contribution is 0.0216. The molecule has 1 unspecified atom stereocenters. The second-order valence-corrected chi connectivity index (χ2v) is 5.69. The van der Waals surface area contributed by atoms with Crippen molar-refractivity contribution in [2.45, 2.75) is 25.4 Å². The number of carboxylic acid groups (broad SMARTS) is 1. The van der Waals surface area contributed by atoms with E-state index < -0.39 is 5.97 Å². The van der Waals surface area contributed by atoms with Gasteiger partial charge in [-0.1, -0.05) is 0 Å². The van der Waals surface area contributed by atoms with Crippen LogP contribution in [-0.2, 0) is 4.74 Å². The Morgan fingerprint density at radius 1 is 1.53 bits per heavy atom. The third-order valence-electron chi connectivity index (χ3n) is 3.36. The summed E-state index contributed by atoms with van der Waals surface area (Å²) < 4.78 is 6.52. The van der Waals surface area contributed by atoms with E-state index in [2.05, 4.69) is 20.8 Å². The highest BCUT2D eigenvalue weighted by atomic mass is 79.9. The van der Waals surface area contributed by atoms with Gasteiger partial charge in [-0.2, -0.15) is 0 Å². The quantitative estimate of drug-likeness (QED) is 0.922. The summed E-state index contributed by atoms with van der Waals surface area (Å²) in [7, 11) is 2.00. The third kappa shape index (κ3) is 3.70. The number of hydrogen-bond acceptors (Lipinski definition) is 3. The maximum atomic E-state index is 10.9. The first kappa shape index (κ1) is 14.3. The molecule has 5 heteroatoms. The Morgan fingerprint density at radius 2 is 2.32 bits per heavy atom. The zero-order valence-electron chi connectivity index (χ0n) is 10.9. The zero-order chi connectivity index (χ0) is 13.8. The highest BCUT2D eigenvalue weighted by molar-refractivity contribution is 9.10. The zero-order valence-corrected chi connectivity index (χ0v) is 12.5. The van der Waals surface area contributed by atoms with E-state index in [1.165, 1.54) is 6.42 Å². The highest BCUT2D eigenvalue weighted by Gasteiger charge is 2.17. The molecule has 19 heavy (non-hydrogen) atoms. The van der Waals surface area contributed by atoms with Crippen molar-refractivity contribution in [1.82, 2.24) is 0 Å². The molecule has 1 atom stereocenters. The maximum Gasteiger partial charge on any atom is 0.335 e. The number of nitrogens with zero attached hydrogens (tertiary/aromatic N) is 1. The number of carbonyl (C=O) groups is 1. The Balaban J connectivity index is 2.05. The maximum absolute atomic E-state index is 10.9. The van der Waals surface area contributed by atoms with Gasteiger partial charge in [0.2, 0.25) is 0 Å². The number of ether oxygens (including phenoxy) is 1. The van der Waals surface area contributed by atoms with E-state index in [1.54, 1.807) is 12.1 Å². The summed E-state index contributed by atoms with van der Waals surface area (Å²) in [6, 6.07) is 5.09. The summed E-state index contributed by atoms with van der Waals surface area (Å²) >= 11 is 3.44. The Hall–Kier alpha value is -1.07. The average molecular weight is 328 g/mol. The Labute approximate surface area is 121 Å². The summed E-state index contributed by atoms with van der Waals surface area (Å²) in [5, 5.41) is 8.95. The molecule has 1 fully saturated rings. The van der Waals surface area contributed by atoms with Gasteiger partial charge in [0, 0.05) is 24.7 Å². The number of rotatable bonds is 4. The molecule has 0 aromatic heterocycles. The molecule has 104 valence electrons. The fourth-order valence-corrected chi connectivity index (χ4v) is 2.99. The van der Waals surface area contributed by atoms with Crippen LogP contribution in [0.5, 0.6) is 0 Å². The van der Waals surface area contributed by atoms with Gasteiger partial charge in [-0.15, -0.1) is 0 Å². The molecular formula is C14H18BrNO3. The molecule has 2 rings (SSSR count). The van der Waals surface area contributed by atoms with Gasteiger partial charge in [-0.3, -0.25) is 0 Å². The van der Waals surface area contributed by atoms with Crippen LogP contribution in [0.3, 0.4) is 0 Å². The van der Waals surface area contributed by atoms with Crippen molar-refractivity contribution >= 4 is 27.6 Å². The van der Waals surface area contributed by atoms with Gasteiger partial charge >= 0.3 is 5.97 Å². The first-order chi connectivity index (χ1) is 9.08. The van der Waals surface area contributed by atoms with Gasteiger partial charge in [-0.05, 0) is 53.4 Å². The SMILES string of the molecule is CN(CC1CCCCO1)c1ccc(C(=O)O)cc1Br. The molecule has 0 amide bonds. The van der Waals surface area contributed by atoms with Gasteiger partial charge < -0.3 is 14.7 Å². The third-order valence-corrected chi connectivity index (χ3v) is 3.99. The predicted molar refractivity (Wildman–Crippen MR) is 78.0 cm³/mol. The van der Waals surface area contributed by atoms with Crippen LogP contribution in [0.1, 0.15) is 29.6 Å². The van der Waals surface area contributed by atoms with Crippen LogP contribution in [0.15, 0.2) is 22.7 Å². The molecule has 1 aliphatic rings. The van der Waals surface area contributed by atoms with Crippen molar-refractivity contribution in [3.05, 3.63) is 28.2 Å². The summed E-state index contributed by atoms with van der Waals surface area (Å²) in [6.07, 6.45) is 3.73. The van der Waals surface area contributed by atoms with E-state index >= 15 is 0 Å². The summed E-state index contributed by atoms with van der Waals surface area (Å²) in [6.45, 7) is 1.67. The van der Waals surface area contributed by atoms with Crippen LogP contribution in [0.2, 0.25) is 0 Å². The molecule has 0 aliphatic carbocycles. The standard InChI is InChI=1S/C14H18BrNO3/c1-16(9-11-4-2-3-7-19-11)13-6-5-10(14(17)18)8-12(13)15/h5-6,8,11H,2-4,7,9H2,1H3,(H,17,18). The second kappa shape index (κ2) is 6.39. The van der Waals surface area contributed by atoms with Gasteiger partial charge in [0.15, 0.2) is 0 Å². The van der Waals surface area contributed by atoms with Crippen molar-refractivity contribution in [1.29, 1.82) is 0 Å². The van der Waals surface area contributed by atoms with E-state index in [0.717, 1.165) is 36.2 Å². The molecule has 1 aromatic rings. The van der Waals surface area contributed by atoms with Crippen LogP contribution in [0.25, 0.3) is 0 Å². The minimum Gasteiger partial charge on any atom is -0.478 e. The number of benzene rings is 1. The number of anilines is 1. The number of aromatic carboxylic acids is 1. The summed E-state index contributed by atoms with van der Waals surface area (Å²) in [5.41, 5.74) is 1.28. The molecule has 0 saturated carbocycles. The molecule has 1 heterocycles. The Bertz CT molecular complexity index is 458. The predicted octanol–water partition coefficient (Wildman–Crippen LogP) is 3.15. The largest absolute Gasteiger partial charge is 0.478 e. The van der Waals surface area contributed by atoms with E-state index in [9.17, 15) is 4.79 Å². The fraction of sp³-hybridized carbons (Fsp3) is 0.500. The smallest absolute Gasteiger partial charge is 0.335 e. The lowest BCUT2D eigenvalue weighted by atomic mass is 10.1. The van der Waals surface area contributed by atoms with Crippen molar-refractivity contribution in [2.75, 3.05) is 25.1 Å². The number of halogens is 1. The molecule has 0 spiro atoms. The topological polar surface area (TPSA) is 49.8 Å². The monoisotopic (exact) mass is 327 g/mol. The summed E-state index contributed by atoms with van der Waals surface area (Å²) in [4.78, 5) is 13.0. The Morgan fingerprint density at radius 3 is 2.89 bits per heavy atom. The molecular weight excluding hydrogens is 310 g/mol. The lowest BCUT2D eigenvalue weighted by Crippen LogP contribution is -2.33. The van der Waals surface area contributed by atoms with E-state index in [0.29, 0.717) is 0 Å². The molecule has 4 nitrogen and oxygen atoms in total. The average Bonchev–Trinajstić information content (AvgIpc) is 2.39. The van der Waals surface area contributed by atoms with Crippen molar-refractivity contribution in [2.24, 2.45) is 0 Å². The molecule has 1 saturated heterocycles. The number of likely N-dealkylation sites (N-methyl/N-ethyl adjacent to an activating group) is 1. The van der Waals surface area contributed by atoms with Gasteiger partial charge in [-0.25, -0.2) is 4.79 Å². The van der Waals surface area contributed by atoms with Crippen molar-refractivity contribution in [3.8, 4) is 0 Å². The number of hydrogen-bond donors (Lipinski definition) is 1. The molecule has 0 radical (unpaired) electrons. The van der Waals surface area contributed by atoms with Gasteiger partial charge in [0.25, 0.3) is 0 Å². The molecule has 1 aromatic carbocycles. The van der Waals surface area contributed by atoms with Crippen molar-refractivity contribution < 1.29 is 14.6 Å². The second-order valence-electron chi connectivity index (χ2n) is 4.84. The van der Waals surface area contributed by atoms with E-state index in [1.807, 2.05) is 13.1 Å². The molecule has 0 bridgehead atoms. The van der Waals surface area contributed by atoms with E-state index in [4.69, 9.17) is 9.84 Å². The summed E-state index contributed by atoms with van der Waals surface area (Å²) in [5.74, 6) is -0.912. The van der Waals surface area contributed by atoms with Crippen LogP contribution >= 0.6 is 15.9 Å². The Kier molecular flexibility index (Phi) is 4.82. The normalized spacial score (nSPS) is 19.2. The fourth-order valence-electron chi connectivity index (χ4n) is 2.30. The van der Waals surface area contributed by atoms with Crippen LogP contribution in [-0.4, -0.2) is 37.4 Å². The first-order valence-corrected chi connectivity index (χ1v) is 7.23. The highest BCUT2D eigenvalue weighted by Crippen LogP contribution is 2.27. The van der Waals surface area contributed by atoms with Crippen LogP contribution < -0.4 is 4.90 Å². The minimum atomic E-state index is -0.912. The van der Waals surface area contributed by atoms with Crippen LogP contribution in [0.4, 0.5) is 5.69 Å². The number of carboxylic acids is 1. The van der Waals surface area contributed by atoms with Crippen LogP contribution in [0, 0.1) is 0 Å².